The number of aliphatic carboxylic acids is 1. The summed E-state index contributed by atoms with van der Waals surface area (Å²) in [5.74, 6) is -0.864. The van der Waals surface area contributed by atoms with Gasteiger partial charge in [0, 0.05) is 23.4 Å². The summed E-state index contributed by atoms with van der Waals surface area (Å²) in [4.78, 5) is 28.2. The summed E-state index contributed by atoms with van der Waals surface area (Å²) >= 11 is 0. The normalized spacial score (nSPS) is 31.3. The van der Waals surface area contributed by atoms with Crippen molar-refractivity contribution >= 4 is 11.9 Å². The van der Waals surface area contributed by atoms with E-state index in [1.807, 2.05) is 4.90 Å². The highest BCUT2D eigenvalue weighted by atomic mass is 19.4. The van der Waals surface area contributed by atoms with Gasteiger partial charge in [0.1, 0.15) is 0 Å². The van der Waals surface area contributed by atoms with Gasteiger partial charge in [0.05, 0.1) is 11.0 Å². The van der Waals surface area contributed by atoms with Gasteiger partial charge in [-0.3, -0.25) is 9.59 Å². The minimum absolute atomic E-state index is 0.0380. The molecule has 0 spiro atoms. The first-order chi connectivity index (χ1) is 20.4. The van der Waals surface area contributed by atoms with Crippen LogP contribution < -0.4 is 0 Å². The fraction of sp³-hybridized carbons (Fsp3) is 0.576. The molecule has 1 saturated heterocycles. The highest BCUT2D eigenvalue weighted by molar-refractivity contribution is 5.86. The molecule has 2 aromatic carbocycles. The lowest BCUT2D eigenvalue weighted by Gasteiger charge is -2.52. The minimum atomic E-state index is -5.12. The Kier molecular flexibility index (Phi) is 6.98. The number of hydrogen-bond acceptors (Lipinski definition) is 2. The first-order valence-electron chi connectivity index (χ1n) is 15.0. The second-order valence-electron chi connectivity index (χ2n) is 13.6. The third-order valence-electron chi connectivity index (χ3n) is 11.4. The number of carbonyl (C=O) groups excluding carboxylic acids is 1. The number of benzene rings is 2. The molecule has 7 rings (SSSR count). The van der Waals surface area contributed by atoms with Crippen molar-refractivity contribution in [1.82, 2.24) is 4.90 Å². The van der Waals surface area contributed by atoms with Crippen LogP contribution in [0.3, 0.4) is 0 Å². The number of halogens is 7. The summed E-state index contributed by atoms with van der Waals surface area (Å²) in [7, 11) is 0. The molecule has 238 valence electrons. The van der Waals surface area contributed by atoms with Crippen molar-refractivity contribution in [2.24, 2.45) is 10.8 Å². The van der Waals surface area contributed by atoms with Gasteiger partial charge in [0.2, 0.25) is 11.6 Å². The van der Waals surface area contributed by atoms with Crippen LogP contribution in [0.15, 0.2) is 42.5 Å². The van der Waals surface area contributed by atoms with E-state index in [1.165, 1.54) is 24.3 Å². The number of carbonyl (C=O) groups is 2. The average molecular weight is 626 g/mol. The third kappa shape index (κ3) is 4.62. The van der Waals surface area contributed by atoms with Crippen molar-refractivity contribution in [3.8, 4) is 0 Å². The molecular formula is C33H34F7NO3. The second kappa shape index (κ2) is 9.94. The predicted molar refractivity (Wildman–Crippen MR) is 146 cm³/mol. The lowest BCUT2D eigenvalue weighted by atomic mass is 9.53. The number of rotatable bonds is 5. The molecule has 3 unspecified atom stereocenters. The number of carboxylic acids is 1. The van der Waals surface area contributed by atoms with E-state index in [2.05, 4.69) is 0 Å². The van der Waals surface area contributed by atoms with E-state index in [0.717, 1.165) is 18.2 Å². The van der Waals surface area contributed by atoms with Crippen LogP contribution in [0.1, 0.15) is 86.1 Å². The quantitative estimate of drug-likeness (QED) is 0.344. The van der Waals surface area contributed by atoms with Gasteiger partial charge in [0.25, 0.3) is 0 Å². The maximum Gasteiger partial charge on any atom is 0.426 e. The molecule has 4 nitrogen and oxygen atoms in total. The minimum Gasteiger partial charge on any atom is -0.481 e. The van der Waals surface area contributed by atoms with Crippen molar-refractivity contribution in [3.63, 3.8) is 0 Å². The van der Waals surface area contributed by atoms with Crippen LogP contribution >= 0.6 is 0 Å². The van der Waals surface area contributed by atoms with Crippen LogP contribution in [-0.2, 0) is 39.7 Å². The number of nitrogens with zero attached hydrogens (tertiary/aromatic N) is 1. The van der Waals surface area contributed by atoms with E-state index in [1.54, 1.807) is 0 Å². The lowest BCUT2D eigenvalue weighted by molar-refractivity contribution is -0.228. The van der Waals surface area contributed by atoms with Gasteiger partial charge in [-0.25, -0.2) is 4.39 Å². The van der Waals surface area contributed by atoms with E-state index < -0.39 is 51.4 Å². The number of fused-ring (bicyclic) bond motifs is 6. The number of amides is 1. The highest BCUT2D eigenvalue weighted by Crippen LogP contribution is 2.59. The Hall–Kier alpha value is -3.11. The van der Waals surface area contributed by atoms with Crippen LogP contribution in [0.4, 0.5) is 30.7 Å². The van der Waals surface area contributed by atoms with Gasteiger partial charge in [-0.05, 0) is 106 Å². The fourth-order valence-electron chi connectivity index (χ4n) is 8.57. The number of carboxylic acid groups (broad SMARTS) is 1. The largest absolute Gasteiger partial charge is 0.481 e. The molecule has 4 aliphatic carbocycles. The lowest BCUT2D eigenvalue weighted by Crippen LogP contribution is -2.56. The molecule has 1 aliphatic heterocycles. The van der Waals surface area contributed by atoms with Crippen molar-refractivity contribution < 1.29 is 45.4 Å². The second-order valence-corrected chi connectivity index (χ2v) is 13.6. The Morgan fingerprint density at radius 2 is 1.41 bits per heavy atom. The Labute approximate surface area is 250 Å². The molecule has 2 aromatic rings. The molecule has 1 amide bonds. The van der Waals surface area contributed by atoms with Crippen LogP contribution in [0.2, 0.25) is 0 Å². The molecule has 0 radical (unpaired) electrons. The zero-order valence-corrected chi connectivity index (χ0v) is 24.3. The summed E-state index contributed by atoms with van der Waals surface area (Å²) in [6.45, 7) is 0.849. The van der Waals surface area contributed by atoms with E-state index >= 15 is 0 Å². The summed E-state index contributed by atoms with van der Waals surface area (Å²) in [6.07, 6.45) is -5.52. The van der Waals surface area contributed by atoms with Gasteiger partial charge in [-0.1, -0.05) is 30.3 Å². The molecule has 11 heteroatoms. The first-order valence-corrected chi connectivity index (χ1v) is 15.0. The van der Waals surface area contributed by atoms with Gasteiger partial charge in [-0.15, -0.1) is 0 Å². The summed E-state index contributed by atoms with van der Waals surface area (Å²) in [5, 5.41) is 9.80. The molecule has 3 atom stereocenters. The van der Waals surface area contributed by atoms with Crippen molar-refractivity contribution in [2.45, 2.75) is 101 Å². The number of aryl methyl sites for hydroxylation is 1. The Morgan fingerprint density at radius 1 is 0.841 bits per heavy atom. The molecule has 1 N–H and O–H groups in total. The molecule has 1 heterocycles. The van der Waals surface area contributed by atoms with Gasteiger partial charge < -0.3 is 10.0 Å². The topological polar surface area (TPSA) is 57.6 Å². The molecular weight excluding hydrogens is 591 g/mol. The summed E-state index contributed by atoms with van der Waals surface area (Å²) in [5.41, 5.74) is -5.29. The monoisotopic (exact) mass is 625 g/mol. The van der Waals surface area contributed by atoms with Crippen LogP contribution in [0.25, 0.3) is 0 Å². The van der Waals surface area contributed by atoms with Crippen molar-refractivity contribution in [2.75, 3.05) is 6.54 Å². The molecule has 2 bridgehead atoms. The van der Waals surface area contributed by atoms with Crippen molar-refractivity contribution in [3.05, 3.63) is 70.3 Å². The molecule has 4 fully saturated rings. The maximum atomic E-state index is 15.0. The van der Waals surface area contributed by atoms with E-state index in [4.69, 9.17) is 0 Å². The number of hydrogen-bond donors (Lipinski definition) is 1. The van der Waals surface area contributed by atoms with E-state index in [-0.39, 0.29) is 18.4 Å². The standard InChI is InChI=1S/C33H34F7NO3/c1-28(34,33(38,39)40)23-7-8-24-21(18-23)4-9-25-31(24,19-20-2-5-22(6-3-20)32(35,36)37)16-17-41(25)26(42)29-10-13-30(14-11-29,15-12-29)27(43)44/h2-3,5-8,18,25H,4,9-17,19H2,1H3,(H,43,44). The van der Waals surface area contributed by atoms with Gasteiger partial charge in [-0.2, -0.15) is 26.3 Å². The predicted octanol–water partition coefficient (Wildman–Crippen LogP) is 7.91. The summed E-state index contributed by atoms with van der Waals surface area (Å²) < 4.78 is 95.5. The van der Waals surface area contributed by atoms with Gasteiger partial charge in [0.15, 0.2) is 0 Å². The number of alkyl halides is 7. The molecule has 44 heavy (non-hydrogen) atoms. The van der Waals surface area contributed by atoms with Crippen molar-refractivity contribution in [1.29, 1.82) is 0 Å². The smallest absolute Gasteiger partial charge is 0.426 e. The summed E-state index contributed by atoms with van der Waals surface area (Å²) in [6, 6.07) is 8.34. The Balaban J connectivity index is 1.37. The van der Waals surface area contributed by atoms with Crippen LogP contribution in [0.5, 0.6) is 0 Å². The molecule has 0 aromatic heterocycles. The Bertz CT molecular complexity index is 1460. The third-order valence-corrected chi connectivity index (χ3v) is 11.4. The molecule has 5 aliphatic rings. The SMILES string of the molecule is CC(F)(c1ccc2c(c1)CCC1N(C(=O)C34CCC(C(=O)O)(CC3)CC4)CCC21Cc1ccc(C(F)(F)F)cc1)C(F)(F)F. The molecule has 3 saturated carbocycles. The maximum absolute atomic E-state index is 15.0. The highest BCUT2D eigenvalue weighted by Gasteiger charge is 2.60. The Morgan fingerprint density at radius 3 is 1.95 bits per heavy atom. The number of likely N-dealkylation sites (tertiary alicyclic amines) is 1. The zero-order valence-electron chi connectivity index (χ0n) is 24.3. The fourth-order valence-corrected chi connectivity index (χ4v) is 8.57. The van der Waals surface area contributed by atoms with Crippen LogP contribution in [0, 0.1) is 10.8 Å². The first kappa shape index (κ1) is 30.9. The van der Waals surface area contributed by atoms with Crippen LogP contribution in [-0.4, -0.2) is 40.6 Å². The van der Waals surface area contributed by atoms with E-state index in [9.17, 15) is 45.4 Å². The van der Waals surface area contributed by atoms with Gasteiger partial charge >= 0.3 is 18.3 Å². The zero-order chi connectivity index (χ0) is 31.9. The average Bonchev–Trinajstić information content (AvgIpc) is 3.35. The van der Waals surface area contributed by atoms with E-state index in [0.29, 0.717) is 87.9 Å².